The largest absolute Gasteiger partial charge is 0.467 e. The number of halogens is 1. The summed E-state index contributed by atoms with van der Waals surface area (Å²) in [6, 6.07) is 5.13. The van der Waals surface area contributed by atoms with Crippen LogP contribution in [0.1, 0.15) is 5.76 Å². The van der Waals surface area contributed by atoms with Gasteiger partial charge in [0.1, 0.15) is 12.3 Å². The molecule has 2 heterocycles. The molecule has 0 fully saturated rings. The van der Waals surface area contributed by atoms with E-state index in [9.17, 15) is 4.79 Å². The van der Waals surface area contributed by atoms with Crippen LogP contribution in [-0.4, -0.2) is 9.78 Å². The highest BCUT2D eigenvalue weighted by Gasteiger charge is 2.01. The minimum Gasteiger partial charge on any atom is -0.467 e. The van der Waals surface area contributed by atoms with E-state index in [1.165, 1.54) is 10.7 Å². The first-order chi connectivity index (χ1) is 6.75. The van der Waals surface area contributed by atoms with Crippen LogP contribution >= 0.6 is 22.6 Å². The molecule has 0 saturated carbocycles. The smallest absolute Gasteiger partial charge is 0.268 e. The Hall–Kier alpha value is -1.11. The summed E-state index contributed by atoms with van der Waals surface area (Å²) in [4.78, 5) is 11.4. The van der Waals surface area contributed by atoms with Gasteiger partial charge in [0.05, 0.1) is 12.5 Å². The molecule has 5 heteroatoms. The molecule has 0 N–H and O–H groups in total. The second kappa shape index (κ2) is 3.95. The van der Waals surface area contributed by atoms with Gasteiger partial charge in [-0.3, -0.25) is 4.79 Å². The number of furan rings is 1. The topological polar surface area (TPSA) is 48.0 Å². The van der Waals surface area contributed by atoms with Crippen LogP contribution in [0, 0.1) is 3.57 Å². The predicted molar refractivity (Wildman–Crippen MR) is 59.0 cm³/mol. The molecule has 0 aliphatic carbocycles. The summed E-state index contributed by atoms with van der Waals surface area (Å²) in [6.07, 6.45) is 3.22. The van der Waals surface area contributed by atoms with Crippen molar-refractivity contribution in [2.75, 3.05) is 0 Å². The molecule has 2 rings (SSSR count). The zero-order valence-corrected chi connectivity index (χ0v) is 9.34. The molecule has 0 unspecified atom stereocenters. The van der Waals surface area contributed by atoms with Gasteiger partial charge in [0, 0.05) is 9.64 Å². The molecule has 0 saturated heterocycles. The van der Waals surface area contributed by atoms with Gasteiger partial charge in [-0.25, -0.2) is 4.68 Å². The van der Waals surface area contributed by atoms with E-state index in [1.807, 2.05) is 6.07 Å². The quantitative estimate of drug-likeness (QED) is 0.790. The molecule has 0 aromatic carbocycles. The van der Waals surface area contributed by atoms with Gasteiger partial charge in [0.15, 0.2) is 0 Å². The lowest BCUT2D eigenvalue weighted by Gasteiger charge is -2.00. The van der Waals surface area contributed by atoms with Crippen LogP contribution in [0.25, 0.3) is 0 Å². The van der Waals surface area contributed by atoms with Crippen LogP contribution in [0.2, 0.25) is 0 Å². The third-order valence-corrected chi connectivity index (χ3v) is 2.31. The summed E-state index contributed by atoms with van der Waals surface area (Å²) in [5.74, 6) is 0.723. The van der Waals surface area contributed by atoms with Gasteiger partial charge < -0.3 is 4.42 Å². The van der Waals surface area contributed by atoms with Gasteiger partial charge in [-0.05, 0) is 34.7 Å². The van der Waals surface area contributed by atoms with Crippen molar-refractivity contribution in [1.82, 2.24) is 9.78 Å². The molecule has 2 aromatic heterocycles. The Bertz CT molecular complexity index is 476. The maximum absolute atomic E-state index is 11.4. The Morgan fingerprint density at radius 3 is 3.07 bits per heavy atom. The Balaban J connectivity index is 2.30. The Labute approximate surface area is 93.7 Å². The van der Waals surface area contributed by atoms with E-state index < -0.39 is 0 Å². The third kappa shape index (κ3) is 2.03. The van der Waals surface area contributed by atoms with Crippen molar-refractivity contribution in [2.24, 2.45) is 0 Å². The number of aromatic nitrogens is 2. The van der Waals surface area contributed by atoms with Gasteiger partial charge in [0.2, 0.25) is 0 Å². The van der Waals surface area contributed by atoms with Crippen LogP contribution in [-0.2, 0) is 6.54 Å². The van der Waals surface area contributed by atoms with Crippen molar-refractivity contribution in [3.8, 4) is 0 Å². The maximum Gasteiger partial charge on any atom is 0.268 e. The minimum absolute atomic E-state index is 0.117. The fourth-order valence-corrected chi connectivity index (χ4v) is 1.47. The standard InChI is InChI=1S/C9H7IN2O2/c10-7-4-9(13)12(11-5-7)6-8-2-1-3-14-8/h1-5H,6H2. The first kappa shape index (κ1) is 9.45. The van der Waals surface area contributed by atoms with E-state index in [0.29, 0.717) is 6.54 Å². The molecular formula is C9H7IN2O2. The van der Waals surface area contributed by atoms with Crippen LogP contribution in [0.15, 0.2) is 39.9 Å². The average molecular weight is 302 g/mol. The zero-order chi connectivity index (χ0) is 9.97. The average Bonchev–Trinajstić information content (AvgIpc) is 2.62. The van der Waals surface area contributed by atoms with Gasteiger partial charge in [-0.1, -0.05) is 0 Å². The van der Waals surface area contributed by atoms with Crippen LogP contribution in [0.3, 0.4) is 0 Å². The van der Waals surface area contributed by atoms with Crippen LogP contribution in [0.5, 0.6) is 0 Å². The van der Waals surface area contributed by atoms with Gasteiger partial charge in [0.25, 0.3) is 5.56 Å². The summed E-state index contributed by atoms with van der Waals surface area (Å²) in [5, 5.41) is 3.99. The van der Waals surface area contributed by atoms with Crippen molar-refractivity contribution in [1.29, 1.82) is 0 Å². The molecule has 4 nitrogen and oxygen atoms in total. The summed E-state index contributed by atoms with van der Waals surface area (Å²) in [6.45, 7) is 0.378. The lowest BCUT2D eigenvalue weighted by Crippen LogP contribution is -2.22. The first-order valence-electron chi connectivity index (χ1n) is 4.01. The fraction of sp³-hybridized carbons (Fsp3) is 0.111. The van der Waals surface area contributed by atoms with Crippen molar-refractivity contribution in [2.45, 2.75) is 6.54 Å². The third-order valence-electron chi connectivity index (χ3n) is 1.72. The molecular weight excluding hydrogens is 295 g/mol. The van der Waals surface area contributed by atoms with E-state index >= 15 is 0 Å². The number of hydrogen-bond donors (Lipinski definition) is 0. The Morgan fingerprint density at radius 2 is 2.43 bits per heavy atom. The van der Waals surface area contributed by atoms with Gasteiger partial charge >= 0.3 is 0 Å². The summed E-state index contributed by atoms with van der Waals surface area (Å²) < 4.78 is 7.32. The highest BCUT2D eigenvalue weighted by Crippen LogP contribution is 2.01. The Morgan fingerprint density at radius 1 is 1.57 bits per heavy atom. The molecule has 0 amide bonds. The molecule has 0 aliphatic heterocycles. The predicted octanol–water partition coefficient (Wildman–Crippen LogP) is 1.49. The van der Waals surface area contributed by atoms with E-state index in [0.717, 1.165) is 9.33 Å². The lowest BCUT2D eigenvalue weighted by molar-refractivity contribution is 0.471. The first-order valence-corrected chi connectivity index (χ1v) is 5.08. The highest BCUT2D eigenvalue weighted by atomic mass is 127. The summed E-state index contributed by atoms with van der Waals surface area (Å²) >= 11 is 2.05. The Kier molecular flexibility index (Phi) is 2.67. The van der Waals surface area contributed by atoms with Crippen LogP contribution < -0.4 is 5.56 Å². The lowest BCUT2D eigenvalue weighted by atomic mass is 10.4. The second-order valence-corrected chi connectivity index (χ2v) is 3.99. The van der Waals surface area contributed by atoms with Crippen molar-refractivity contribution in [3.05, 3.63) is 50.3 Å². The number of nitrogens with zero attached hydrogens (tertiary/aromatic N) is 2. The molecule has 0 aliphatic rings. The molecule has 0 radical (unpaired) electrons. The number of rotatable bonds is 2. The van der Waals surface area contributed by atoms with Crippen molar-refractivity contribution >= 4 is 22.6 Å². The highest BCUT2D eigenvalue weighted by molar-refractivity contribution is 14.1. The summed E-state index contributed by atoms with van der Waals surface area (Å²) in [5.41, 5.74) is -0.117. The minimum atomic E-state index is -0.117. The van der Waals surface area contributed by atoms with Crippen molar-refractivity contribution < 1.29 is 4.42 Å². The van der Waals surface area contributed by atoms with E-state index in [1.54, 1.807) is 18.5 Å². The van der Waals surface area contributed by atoms with E-state index in [4.69, 9.17) is 4.42 Å². The van der Waals surface area contributed by atoms with Gasteiger partial charge in [-0.2, -0.15) is 5.10 Å². The molecule has 72 valence electrons. The monoisotopic (exact) mass is 302 g/mol. The van der Waals surface area contributed by atoms with E-state index in [2.05, 4.69) is 27.7 Å². The summed E-state index contributed by atoms with van der Waals surface area (Å²) in [7, 11) is 0. The normalized spacial score (nSPS) is 10.4. The fourth-order valence-electron chi connectivity index (χ4n) is 1.08. The van der Waals surface area contributed by atoms with Gasteiger partial charge in [-0.15, -0.1) is 0 Å². The second-order valence-electron chi connectivity index (χ2n) is 2.75. The molecule has 0 spiro atoms. The molecule has 14 heavy (non-hydrogen) atoms. The van der Waals surface area contributed by atoms with Crippen LogP contribution in [0.4, 0.5) is 0 Å². The zero-order valence-electron chi connectivity index (χ0n) is 7.18. The molecule has 0 bridgehead atoms. The molecule has 0 atom stereocenters. The van der Waals surface area contributed by atoms with E-state index in [-0.39, 0.29) is 5.56 Å². The number of hydrogen-bond acceptors (Lipinski definition) is 3. The maximum atomic E-state index is 11.4. The molecule has 2 aromatic rings. The van der Waals surface area contributed by atoms with Crippen molar-refractivity contribution in [3.63, 3.8) is 0 Å². The SMILES string of the molecule is O=c1cc(I)cnn1Cc1ccco1.